The number of aromatic nitrogens is 3. The summed E-state index contributed by atoms with van der Waals surface area (Å²) in [4.78, 5) is 14.5. The van der Waals surface area contributed by atoms with Crippen molar-refractivity contribution in [3.8, 4) is 10.6 Å². The van der Waals surface area contributed by atoms with E-state index in [9.17, 15) is 0 Å². The number of hydrogen-bond donors (Lipinski definition) is 1. The molecule has 1 aromatic carbocycles. The van der Waals surface area contributed by atoms with E-state index >= 15 is 0 Å². The van der Waals surface area contributed by atoms with Crippen molar-refractivity contribution < 1.29 is 0 Å². The number of nitrogens with one attached hydrogen (secondary N) is 1. The van der Waals surface area contributed by atoms with Crippen molar-refractivity contribution in [2.45, 2.75) is 26.3 Å². The van der Waals surface area contributed by atoms with Crippen LogP contribution in [-0.2, 0) is 0 Å². The predicted octanol–water partition coefficient (Wildman–Crippen LogP) is 3.81. The molecule has 0 aliphatic rings. The van der Waals surface area contributed by atoms with E-state index < -0.39 is 0 Å². The lowest BCUT2D eigenvalue weighted by Gasteiger charge is -2.09. The fraction of sp³-hybridized carbons (Fsp3) is 0.312. The van der Waals surface area contributed by atoms with Crippen LogP contribution in [0.15, 0.2) is 36.8 Å². The molecule has 3 rings (SSSR count). The molecule has 1 unspecified atom stereocenters. The predicted molar refractivity (Wildman–Crippen MR) is 87.4 cm³/mol. The highest BCUT2D eigenvalue weighted by Crippen LogP contribution is 2.29. The third-order valence-electron chi connectivity index (χ3n) is 3.37. The van der Waals surface area contributed by atoms with Crippen molar-refractivity contribution in [3.05, 3.63) is 41.7 Å². The van der Waals surface area contributed by atoms with Crippen LogP contribution in [0.2, 0.25) is 0 Å². The van der Waals surface area contributed by atoms with Gasteiger partial charge in [-0.05, 0) is 38.1 Å². The van der Waals surface area contributed by atoms with Gasteiger partial charge in [0.25, 0.3) is 0 Å². The van der Waals surface area contributed by atoms with E-state index in [0.717, 1.165) is 34.6 Å². The van der Waals surface area contributed by atoms with Gasteiger partial charge in [-0.25, -0.2) is 4.98 Å². The highest BCUT2D eigenvalue weighted by molar-refractivity contribution is 7.15. The highest BCUT2D eigenvalue weighted by Gasteiger charge is 2.11. The van der Waals surface area contributed by atoms with Gasteiger partial charge in [0, 0.05) is 35.1 Å². The number of hydrogen-bond acceptors (Lipinski definition) is 5. The van der Waals surface area contributed by atoms with Crippen molar-refractivity contribution in [1.82, 2.24) is 20.3 Å². The fourth-order valence-electron chi connectivity index (χ4n) is 2.18. The second-order valence-corrected chi connectivity index (χ2v) is 6.07. The quantitative estimate of drug-likeness (QED) is 0.778. The van der Waals surface area contributed by atoms with Gasteiger partial charge in [0.1, 0.15) is 5.01 Å². The van der Waals surface area contributed by atoms with Crippen molar-refractivity contribution in [3.63, 3.8) is 0 Å². The first kappa shape index (κ1) is 14.1. The summed E-state index contributed by atoms with van der Waals surface area (Å²) >= 11 is 1.73. The smallest absolute Gasteiger partial charge is 0.123 e. The fourth-order valence-corrected chi connectivity index (χ4v) is 3.12. The lowest BCUT2D eigenvalue weighted by molar-refractivity contribution is 0.577. The third-order valence-corrected chi connectivity index (χ3v) is 4.60. The van der Waals surface area contributed by atoms with E-state index in [1.54, 1.807) is 23.7 Å². The maximum Gasteiger partial charge on any atom is 0.123 e. The molecule has 0 amide bonds. The van der Waals surface area contributed by atoms with Crippen LogP contribution in [-0.4, -0.2) is 21.5 Å². The zero-order chi connectivity index (χ0) is 14.7. The Morgan fingerprint density at radius 1 is 1.14 bits per heavy atom. The third kappa shape index (κ3) is 3.09. The molecule has 0 aliphatic carbocycles. The van der Waals surface area contributed by atoms with Crippen LogP contribution >= 0.6 is 11.3 Å². The van der Waals surface area contributed by atoms with Crippen LogP contribution < -0.4 is 5.32 Å². The molecule has 0 aliphatic heterocycles. The number of rotatable bonds is 5. The average molecular weight is 298 g/mol. The van der Waals surface area contributed by atoms with E-state index in [0.29, 0.717) is 6.04 Å². The molecule has 2 heterocycles. The molecule has 2 aromatic heterocycles. The van der Waals surface area contributed by atoms with Crippen molar-refractivity contribution in [1.29, 1.82) is 0 Å². The number of benzene rings is 1. The Kier molecular flexibility index (Phi) is 4.22. The van der Waals surface area contributed by atoms with Crippen LogP contribution in [0.25, 0.3) is 21.6 Å². The van der Waals surface area contributed by atoms with Gasteiger partial charge >= 0.3 is 0 Å². The van der Waals surface area contributed by atoms with Crippen LogP contribution in [0.3, 0.4) is 0 Å². The van der Waals surface area contributed by atoms with Crippen LogP contribution in [0.1, 0.15) is 31.2 Å². The minimum Gasteiger partial charge on any atom is -0.309 e. The molecule has 0 bridgehead atoms. The molecule has 0 fully saturated rings. The maximum absolute atomic E-state index is 4.55. The molecular weight excluding hydrogens is 280 g/mol. The monoisotopic (exact) mass is 298 g/mol. The second kappa shape index (κ2) is 6.28. The second-order valence-electron chi connectivity index (χ2n) is 5.00. The van der Waals surface area contributed by atoms with Gasteiger partial charge in [0.15, 0.2) is 0 Å². The summed E-state index contributed by atoms with van der Waals surface area (Å²) in [7, 11) is 0. The van der Waals surface area contributed by atoms with Gasteiger partial charge in [-0.1, -0.05) is 6.92 Å². The Bertz CT molecular complexity index is 738. The standard InChI is InChI=1S/C16H18N4S/c1-3-6-17-11(2)15-10-20-16(21-15)12-4-5-13-14(9-12)19-8-7-18-13/h4-5,7-11,17H,3,6H2,1-2H3. The SMILES string of the molecule is CCCNC(C)c1cnc(-c2ccc3nccnc3c2)s1. The summed E-state index contributed by atoms with van der Waals surface area (Å²) in [5.41, 5.74) is 2.92. The molecule has 0 radical (unpaired) electrons. The highest BCUT2D eigenvalue weighted by atomic mass is 32.1. The minimum atomic E-state index is 0.344. The van der Waals surface area contributed by atoms with Gasteiger partial charge < -0.3 is 5.32 Å². The summed E-state index contributed by atoms with van der Waals surface area (Å²) in [6.45, 7) is 5.38. The molecule has 1 N–H and O–H groups in total. The van der Waals surface area contributed by atoms with Gasteiger partial charge in [0.2, 0.25) is 0 Å². The first-order chi connectivity index (χ1) is 10.3. The number of thiazole rings is 1. The molecule has 21 heavy (non-hydrogen) atoms. The molecule has 1 atom stereocenters. The largest absolute Gasteiger partial charge is 0.309 e. The molecule has 0 saturated heterocycles. The summed E-state index contributed by atoms with van der Waals surface area (Å²) < 4.78 is 0. The van der Waals surface area contributed by atoms with Gasteiger partial charge in [-0.3, -0.25) is 9.97 Å². The molecule has 0 saturated carbocycles. The molecular formula is C16H18N4S. The van der Waals surface area contributed by atoms with Crippen LogP contribution in [0.4, 0.5) is 0 Å². The number of nitrogens with zero attached hydrogens (tertiary/aromatic N) is 3. The van der Waals surface area contributed by atoms with E-state index in [1.807, 2.05) is 12.3 Å². The van der Waals surface area contributed by atoms with E-state index in [4.69, 9.17) is 0 Å². The molecule has 5 heteroatoms. The zero-order valence-corrected chi connectivity index (χ0v) is 13.0. The Balaban J connectivity index is 1.87. The molecule has 3 aromatic rings. The molecule has 108 valence electrons. The van der Waals surface area contributed by atoms with Crippen molar-refractivity contribution >= 4 is 22.4 Å². The van der Waals surface area contributed by atoms with Crippen molar-refractivity contribution in [2.24, 2.45) is 0 Å². The van der Waals surface area contributed by atoms with Gasteiger partial charge in [0.05, 0.1) is 11.0 Å². The van der Waals surface area contributed by atoms with Crippen LogP contribution in [0, 0.1) is 0 Å². The summed E-state index contributed by atoms with van der Waals surface area (Å²) in [6.07, 6.45) is 6.54. The number of fused-ring (bicyclic) bond motifs is 1. The Morgan fingerprint density at radius 2 is 1.95 bits per heavy atom. The zero-order valence-electron chi connectivity index (χ0n) is 12.2. The first-order valence-electron chi connectivity index (χ1n) is 7.18. The summed E-state index contributed by atoms with van der Waals surface area (Å²) in [5, 5.41) is 4.52. The summed E-state index contributed by atoms with van der Waals surface area (Å²) in [6, 6.07) is 6.45. The molecule has 0 spiro atoms. The van der Waals surface area contributed by atoms with E-state index in [-0.39, 0.29) is 0 Å². The average Bonchev–Trinajstić information content (AvgIpc) is 3.02. The maximum atomic E-state index is 4.55. The van der Waals surface area contributed by atoms with E-state index in [2.05, 4.69) is 46.2 Å². The Labute approximate surface area is 128 Å². The summed E-state index contributed by atoms with van der Waals surface area (Å²) in [5.74, 6) is 0. The van der Waals surface area contributed by atoms with Gasteiger partial charge in [-0.2, -0.15) is 0 Å². The van der Waals surface area contributed by atoms with E-state index in [1.165, 1.54) is 4.88 Å². The minimum absolute atomic E-state index is 0.344. The van der Waals surface area contributed by atoms with Gasteiger partial charge in [-0.15, -0.1) is 11.3 Å². The Morgan fingerprint density at radius 3 is 2.76 bits per heavy atom. The van der Waals surface area contributed by atoms with Crippen LogP contribution in [0.5, 0.6) is 0 Å². The topological polar surface area (TPSA) is 50.7 Å². The lowest BCUT2D eigenvalue weighted by Crippen LogP contribution is -2.18. The normalized spacial score (nSPS) is 12.7. The van der Waals surface area contributed by atoms with Crippen molar-refractivity contribution in [2.75, 3.05) is 6.54 Å². The Hall–Kier alpha value is -1.85. The lowest BCUT2D eigenvalue weighted by atomic mass is 10.2. The first-order valence-corrected chi connectivity index (χ1v) is 8.00. The molecule has 4 nitrogen and oxygen atoms in total.